The van der Waals surface area contributed by atoms with Gasteiger partial charge in [0.2, 0.25) is 0 Å². The number of benzene rings is 1. The quantitative estimate of drug-likeness (QED) is 0.757. The van der Waals surface area contributed by atoms with Gasteiger partial charge in [0.1, 0.15) is 5.75 Å². The van der Waals surface area contributed by atoms with Crippen LogP contribution in [0.25, 0.3) is 0 Å². The van der Waals surface area contributed by atoms with Crippen molar-refractivity contribution in [3.63, 3.8) is 0 Å². The largest absolute Gasteiger partial charge is 0.496 e. The molecule has 1 heterocycles. The molecule has 0 spiro atoms. The molecule has 1 aromatic carbocycles. The highest BCUT2D eigenvalue weighted by Gasteiger charge is 2.22. The fourth-order valence-corrected chi connectivity index (χ4v) is 2.32. The van der Waals surface area contributed by atoms with Crippen LogP contribution in [-0.4, -0.2) is 7.11 Å². The number of hydrogen-bond donors (Lipinski definition) is 1. The van der Waals surface area contributed by atoms with Gasteiger partial charge in [-0.1, -0.05) is 6.58 Å². The first-order valence-corrected chi connectivity index (χ1v) is 5.17. The average Bonchev–Trinajstić information content (AvgIpc) is 2.58. The number of nitrogens with one attached hydrogen (secondary N) is 1. The minimum atomic E-state index is 0.915. The Hall–Kier alpha value is -1.44. The van der Waals surface area contributed by atoms with E-state index in [1.165, 1.54) is 27.9 Å². The van der Waals surface area contributed by atoms with Crippen molar-refractivity contribution in [2.45, 2.75) is 27.2 Å². The fourth-order valence-electron chi connectivity index (χ4n) is 2.32. The molecule has 0 saturated heterocycles. The van der Waals surface area contributed by atoms with Crippen LogP contribution in [0.5, 0.6) is 5.75 Å². The lowest BCUT2D eigenvalue weighted by molar-refractivity contribution is 0.408. The lowest BCUT2D eigenvalue weighted by Crippen LogP contribution is -1.99. The van der Waals surface area contributed by atoms with Gasteiger partial charge in [0, 0.05) is 17.8 Å². The Morgan fingerprint density at radius 2 is 1.80 bits per heavy atom. The summed E-state index contributed by atoms with van der Waals surface area (Å²) in [7, 11) is 1.73. The molecule has 0 radical (unpaired) electrons. The molecule has 1 N–H and O–H groups in total. The molecule has 80 valence electrons. The van der Waals surface area contributed by atoms with Crippen molar-refractivity contribution in [3.8, 4) is 5.75 Å². The maximum Gasteiger partial charge on any atom is 0.125 e. The van der Waals surface area contributed by atoms with Crippen molar-refractivity contribution >= 4 is 5.69 Å². The Morgan fingerprint density at radius 3 is 2.40 bits per heavy atom. The molecule has 0 unspecified atom stereocenters. The summed E-state index contributed by atoms with van der Waals surface area (Å²) in [5, 5.41) is 3.35. The van der Waals surface area contributed by atoms with E-state index in [1.807, 2.05) is 0 Å². The van der Waals surface area contributed by atoms with Crippen LogP contribution in [0.1, 0.15) is 22.3 Å². The van der Waals surface area contributed by atoms with E-state index in [0.717, 1.165) is 17.9 Å². The Balaban J connectivity index is 2.73. The summed E-state index contributed by atoms with van der Waals surface area (Å²) in [6.45, 7) is 10.3. The Kier molecular flexibility index (Phi) is 2.22. The number of anilines is 1. The van der Waals surface area contributed by atoms with Gasteiger partial charge < -0.3 is 10.1 Å². The van der Waals surface area contributed by atoms with Crippen molar-refractivity contribution in [1.82, 2.24) is 0 Å². The number of methoxy groups -OCH3 is 1. The van der Waals surface area contributed by atoms with Gasteiger partial charge in [-0.2, -0.15) is 0 Å². The van der Waals surface area contributed by atoms with E-state index in [0.29, 0.717) is 0 Å². The van der Waals surface area contributed by atoms with E-state index in [2.05, 4.69) is 32.7 Å². The van der Waals surface area contributed by atoms with Gasteiger partial charge in [-0.3, -0.25) is 0 Å². The van der Waals surface area contributed by atoms with Crippen LogP contribution in [0.2, 0.25) is 0 Å². The molecule has 1 aliphatic rings. The number of hydrogen-bond acceptors (Lipinski definition) is 2. The summed E-state index contributed by atoms with van der Waals surface area (Å²) in [6.07, 6.45) is 0.915. The summed E-state index contributed by atoms with van der Waals surface area (Å²) >= 11 is 0. The molecule has 2 nitrogen and oxygen atoms in total. The molecule has 0 fully saturated rings. The molecule has 1 aromatic rings. The standard InChI is InChI=1S/C13H17NO/c1-7-6-11-10(4)13(15-5)9(3)8(2)12(11)14-7/h14H,1,6H2,2-5H3. The van der Waals surface area contributed by atoms with E-state index in [-0.39, 0.29) is 0 Å². The van der Waals surface area contributed by atoms with Crippen LogP contribution in [-0.2, 0) is 6.42 Å². The van der Waals surface area contributed by atoms with E-state index in [4.69, 9.17) is 4.74 Å². The highest BCUT2D eigenvalue weighted by Crippen LogP contribution is 2.40. The van der Waals surface area contributed by atoms with Crippen LogP contribution in [0, 0.1) is 20.8 Å². The first-order valence-electron chi connectivity index (χ1n) is 5.17. The van der Waals surface area contributed by atoms with Gasteiger partial charge >= 0.3 is 0 Å². The zero-order valence-corrected chi connectivity index (χ0v) is 9.82. The monoisotopic (exact) mass is 203 g/mol. The topological polar surface area (TPSA) is 21.3 Å². The van der Waals surface area contributed by atoms with Crippen molar-refractivity contribution in [3.05, 3.63) is 34.5 Å². The molecule has 0 bridgehead atoms. The zero-order chi connectivity index (χ0) is 11.2. The first kappa shape index (κ1) is 10.1. The lowest BCUT2D eigenvalue weighted by atomic mass is 9.96. The molecule has 0 atom stereocenters. The zero-order valence-electron chi connectivity index (χ0n) is 9.82. The second kappa shape index (κ2) is 3.30. The SMILES string of the molecule is C=C1Cc2c(C)c(OC)c(C)c(C)c2N1. The van der Waals surface area contributed by atoms with Gasteiger partial charge in [0.05, 0.1) is 7.11 Å². The molecular formula is C13H17NO. The molecule has 15 heavy (non-hydrogen) atoms. The Bertz CT molecular complexity index is 447. The average molecular weight is 203 g/mol. The predicted molar refractivity (Wildman–Crippen MR) is 63.7 cm³/mol. The minimum absolute atomic E-state index is 0.915. The summed E-state index contributed by atoms with van der Waals surface area (Å²) in [4.78, 5) is 0. The van der Waals surface area contributed by atoms with Crippen molar-refractivity contribution in [2.24, 2.45) is 0 Å². The third kappa shape index (κ3) is 1.32. The number of fused-ring (bicyclic) bond motifs is 1. The predicted octanol–water partition coefficient (Wildman–Crippen LogP) is 3.10. The highest BCUT2D eigenvalue weighted by atomic mass is 16.5. The van der Waals surface area contributed by atoms with Crippen LogP contribution in [0.15, 0.2) is 12.3 Å². The first-order chi connectivity index (χ1) is 7.06. The maximum atomic E-state index is 5.46. The van der Waals surface area contributed by atoms with Crippen LogP contribution in [0.4, 0.5) is 5.69 Å². The minimum Gasteiger partial charge on any atom is -0.496 e. The second-order valence-corrected chi connectivity index (χ2v) is 4.17. The fraction of sp³-hybridized carbons (Fsp3) is 0.385. The second-order valence-electron chi connectivity index (χ2n) is 4.17. The van der Waals surface area contributed by atoms with Crippen LogP contribution in [0.3, 0.4) is 0 Å². The van der Waals surface area contributed by atoms with Crippen LogP contribution < -0.4 is 10.1 Å². The van der Waals surface area contributed by atoms with E-state index >= 15 is 0 Å². The smallest absolute Gasteiger partial charge is 0.125 e. The van der Waals surface area contributed by atoms with Gasteiger partial charge in [0.25, 0.3) is 0 Å². The number of ether oxygens (including phenoxy) is 1. The Morgan fingerprint density at radius 1 is 1.13 bits per heavy atom. The van der Waals surface area contributed by atoms with E-state index < -0.39 is 0 Å². The third-order valence-corrected chi connectivity index (χ3v) is 3.27. The normalized spacial score (nSPS) is 13.7. The molecule has 2 heteroatoms. The van der Waals surface area contributed by atoms with E-state index in [1.54, 1.807) is 7.11 Å². The summed E-state index contributed by atoms with van der Waals surface area (Å²) < 4.78 is 5.46. The molecule has 0 aromatic heterocycles. The maximum absolute atomic E-state index is 5.46. The molecule has 0 aliphatic carbocycles. The van der Waals surface area contributed by atoms with Gasteiger partial charge in [0.15, 0.2) is 0 Å². The summed E-state index contributed by atoms with van der Waals surface area (Å²) in [6, 6.07) is 0. The lowest BCUT2D eigenvalue weighted by Gasteiger charge is -2.16. The number of rotatable bonds is 1. The molecule has 2 rings (SSSR count). The van der Waals surface area contributed by atoms with E-state index in [9.17, 15) is 0 Å². The van der Waals surface area contributed by atoms with Gasteiger partial charge in [-0.15, -0.1) is 0 Å². The highest BCUT2D eigenvalue weighted by molar-refractivity contribution is 5.73. The molecule has 1 aliphatic heterocycles. The van der Waals surface area contributed by atoms with Gasteiger partial charge in [-0.25, -0.2) is 0 Å². The van der Waals surface area contributed by atoms with Crippen molar-refractivity contribution in [2.75, 3.05) is 12.4 Å². The third-order valence-electron chi connectivity index (χ3n) is 3.27. The van der Waals surface area contributed by atoms with Crippen LogP contribution >= 0.6 is 0 Å². The summed E-state index contributed by atoms with van der Waals surface area (Å²) in [5.74, 6) is 1.02. The molecular weight excluding hydrogens is 186 g/mol. The molecule has 0 amide bonds. The number of allylic oxidation sites excluding steroid dienone is 1. The summed E-state index contributed by atoms with van der Waals surface area (Å²) in [5.41, 5.74) is 7.36. The Labute approximate surface area is 91.0 Å². The van der Waals surface area contributed by atoms with Crippen molar-refractivity contribution in [1.29, 1.82) is 0 Å². The van der Waals surface area contributed by atoms with Gasteiger partial charge in [-0.05, 0) is 43.0 Å². The van der Waals surface area contributed by atoms with Crippen molar-refractivity contribution < 1.29 is 4.74 Å². The molecule has 0 saturated carbocycles.